The van der Waals surface area contributed by atoms with Crippen molar-refractivity contribution in [3.8, 4) is 0 Å². The van der Waals surface area contributed by atoms with Gasteiger partial charge in [-0.15, -0.1) is 0 Å². The second-order valence-electron chi connectivity index (χ2n) is 2.69. The Balaban J connectivity index is 2.37. The molecule has 3 nitrogen and oxygen atoms in total. The summed E-state index contributed by atoms with van der Waals surface area (Å²) in [5.74, 6) is 0. The molecule has 9 heavy (non-hydrogen) atoms. The van der Waals surface area contributed by atoms with Crippen LogP contribution in [0, 0.1) is 5.41 Å². The molecule has 0 amide bonds. The van der Waals surface area contributed by atoms with Crippen LogP contribution in [0.5, 0.6) is 0 Å². The van der Waals surface area contributed by atoms with Gasteiger partial charge in [0.15, 0.2) is 0 Å². The van der Waals surface area contributed by atoms with Crippen LogP contribution in [0.15, 0.2) is 0 Å². The predicted molar refractivity (Wildman–Crippen MR) is 32.9 cm³/mol. The zero-order valence-electron chi connectivity index (χ0n) is 5.46. The molecule has 1 N–H and O–H groups in total. The lowest BCUT2D eigenvalue weighted by Crippen LogP contribution is -2.38. The van der Waals surface area contributed by atoms with E-state index in [1.165, 1.54) is 7.69 Å². The molecule has 1 rings (SSSR count). The van der Waals surface area contributed by atoms with Gasteiger partial charge in [0, 0.05) is 18.6 Å². The molecule has 1 fully saturated rings. The summed E-state index contributed by atoms with van der Waals surface area (Å²) in [5.41, 5.74) is -0.200. The maximum atomic E-state index is 8.78. The van der Waals surface area contributed by atoms with Crippen molar-refractivity contribution in [2.75, 3.05) is 19.8 Å². The first-order chi connectivity index (χ1) is 4.27. The highest BCUT2D eigenvalue weighted by molar-refractivity contribution is 6.18. The van der Waals surface area contributed by atoms with Crippen molar-refractivity contribution in [1.82, 2.24) is 0 Å². The van der Waals surface area contributed by atoms with Crippen LogP contribution in [0.1, 0.15) is 6.92 Å². The van der Waals surface area contributed by atoms with Crippen LogP contribution >= 0.6 is 0 Å². The Labute approximate surface area is 55.3 Å². The summed E-state index contributed by atoms with van der Waals surface area (Å²) in [6, 6.07) is 0. The van der Waals surface area contributed by atoms with Crippen LogP contribution in [-0.2, 0) is 9.31 Å². The molecule has 0 saturated carbocycles. The van der Waals surface area contributed by atoms with Gasteiger partial charge in [-0.2, -0.15) is 0 Å². The van der Waals surface area contributed by atoms with Crippen LogP contribution in [0.25, 0.3) is 0 Å². The number of hydrogen-bond donors (Lipinski definition) is 1. The van der Waals surface area contributed by atoms with Crippen LogP contribution in [-0.4, -0.2) is 32.6 Å². The largest absolute Gasteiger partial charge is 0.488 e. The van der Waals surface area contributed by atoms with E-state index >= 15 is 0 Å². The zero-order chi connectivity index (χ0) is 6.74. The summed E-state index contributed by atoms with van der Waals surface area (Å²) >= 11 is 0. The summed E-state index contributed by atoms with van der Waals surface area (Å²) in [6.45, 7) is 3.12. The summed E-state index contributed by atoms with van der Waals surface area (Å²) in [7, 11) is 1.32. The van der Waals surface area contributed by atoms with Gasteiger partial charge >= 0.3 is 7.69 Å². The Morgan fingerprint density at radius 2 is 2.11 bits per heavy atom. The molecule has 1 radical (unpaired) electrons. The Morgan fingerprint density at radius 3 is 2.44 bits per heavy atom. The highest BCUT2D eigenvalue weighted by Crippen LogP contribution is 2.18. The van der Waals surface area contributed by atoms with Crippen LogP contribution in [0.3, 0.4) is 0 Å². The van der Waals surface area contributed by atoms with Crippen LogP contribution in [0.2, 0.25) is 0 Å². The molecule has 0 spiro atoms. The molecular formula is C5H10BO3. The average Bonchev–Trinajstić information content (AvgIpc) is 1.90. The molecule has 0 aromatic rings. The van der Waals surface area contributed by atoms with Crippen molar-refractivity contribution >= 4 is 7.69 Å². The molecule has 0 aliphatic carbocycles. The Kier molecular flexibility index (Phi) is 2.11. The molecule has 4 heteroatoms. The summed E-state index contributed by atoms with van der Waals surface area (Å²) < 4.78 is 9.74. The first-order valence-corrected chi connectivity index (χ1v) is 2.93. The fourth-order valence-electron chi connectivity index (χ4n) is 0.651. The predicted octanol–water partition coefficient (Wildman–Crippen LogP) is -0.434. The fraction of sp³-hybridized carbons (Fsp3) is 1.00. The van der Waals surface area contributed by atoms with E-state index in [2.05, 4.69) is 0 Å². The maximum absolute atomic E-state index is 8.78. The minimum absolute atomic E-state index is 0.112. The van der Waals surface area contributed by atoms with E-state index in [-0.39, 0.29) is 12.0 Å². The van der Waals surface area contributed by atoms with Gasteiger partial charge in [0.1, 0.15) is 0 Å². The van der Waals surface area contributed by atoms with Gasteiger partial charge in [0.25, 0.3) is 0 Å². The van der Waals surface area contributed by atoms with Gasteiger partial charge in [-0.25, -0.2) is 0 Å². The minimum atomic E-state index is -0.200. The van der Waals surface area contributed by atoms with Gasteiger partial charge in [0.05, 0.1) is 6.61 Å². The lowest BCUT2D eigenvalue weighted by atomic mass is 9.92. The van der Waals surface area contributed by atoms with Crippen molar-refractivity contribution < 1.29 is 14.4 Å². The summed E-state index contributed by atoms with van der Waals surface area (Å²) in [6.07, 6.45) is 0. The molecule has 1 aliphatic heterocycles. The molecule has 0 aromatic carbocycles. The molecule has 0 aromatic heterocycles. The van der Waals surface area contributed by atoms with E-state index in [0.717, 1.165) is 0 Å². The molecule has 0 bridgehead atoms. The van der Waals surface area contributed by atoms with E-state index in [4.69, 9.17) is 14.4 Å². The maximum Gasteiger partial charge on any atom is 0.488 e. The SMILES string of the molecule is CC1(CO)CO[B]OC1. The lowest BCUT2D eigenvalue weighted by molar-refractivity contribution is -0.00828. The standard InChI is InChI=1S/C5H10BO3/c1-5(2-7)3-8-6-9-4-5/h7H,2-4H2,1H3. The van der Waals surface area contributed by atoms with E-state index in [1.54, 1.807) is 0 Å². The quantitative estimate of drug-likeness (QED) is 0.488. The van der Waals surface area contributed by atoms with Gasteiger partial charge < -0.3 is 14.4 Å². The van der Waals surface area contributed by atoms with Gasteiger partial charge in [-0.05, 0) is 0 Å². The van der Waals surface area contributed by atoms with Crippen molar-refractivity contribution in [2.45, 2.75) is 6.92 Å². The second kappa shape index (κ2) is 2.69. The van der Waals surface area contributed by atoms with Gasteiger partial charge in [0.2, 0.25) is 0 Å². The van der Waals surface area contributed by atoms with E-state index in [9.17, 15) is 0 Å². The number of aliphatic hydroxyl groups is 1. The Hall–Kier alpha value is -0.0551. The first-order valence-electron chi connectivity index (χ1n) is 2.93. The normalized spacial score (nSPS) is 25.1. The molecular weight excluding hydrogens is 119 g/mol. The highest BCUT2D eigenvalue weighted by atomic mass is 16.6. The van der Waals surface area contributed by atoms with Crippen LogP contribution in [0.4, 0.5) is 0 Å². The smallest absolute Gasteiger partial charge is 0.412 e. The fourth-order valence-corrected chi connectivity index (χ4v) is 0.651. The molecule has 1 aliphatic rings. The van der Waals surface area contributed by atoms with Gasteiger partial charge in [-0.3, -0.25) is 0 Å². The summed E-state index contributed by atoms with van der Waals surface area (Å²) in [4.78, 5) is 0. The molecule has 1 heterocycles. The second-order valence-corrected chi connectivity index (χ2v) is 2.69. The van der Waals surface area contributed by atoms with E-state index in [0.29, 0.717) is 13.2 Å². The number of rotatable bonds is 1. The van der Waals surface area contributed by atoms with Crippen molar-refractivity contribution in [2.24, 2.45) is 5.41 Å². The Bertz CT molecular complexity index is 90.2. The monoisotopic (exact) mass is 129 g/mol. The lowest BCUT2D eigenvalue weighted by Gasteiger charge is -2.30. The molecule has 0 atom stereocenters. The number of aliphatic hydroxyl groups excluding tert-OH is 1. The summed E-state index contributed by atoms with van der Waals surface area (Å²) in [5, 5.41) is 8.78. The third kappa shape index (κ3) is 1.68. The van der Waals surface area contributed by atoms with Crippen molar-refractivity contribution in [3.05, 3.63) is 0 Å². The molecule has 51 valence electrons. The number of hydrogen-bond acceptors (Lipinski definition) is 3. The zero-order valence-corrected chi connectivity index (χ0v) is 5.46. The van der Waals surface area contributed by atoms with E-state index < -0.39 is 0 Å². The molecule has 0 unspecified atom stereocenters. The minimum Gasteiger partial charge on any atom is -0.412 e. The third-order valence-electron chi connectivity index (χ3n) is 1.38. The van der Waals surface area contributed by atoms with Gasteiger partial charge in [-0.1, -0.05) is 6.92 Å². The molecule has 1 saturated heterocycles. The van der Waals surface area contributed by atoms with Crippen LogP contribution < -0.4 is 0 Å². The third-order valence-corrected chi connectivity index (χ3v) is 1.38. The highest BCUT2D eigenvalue weighted by Gasteiger charge is 2.27. The Morgan fingerprint density at radius 1 is 1.56 bits per heavy atom. The first kappa shape index (κ1) is 7.06. The average molecular weight is 129 g/mol. The van der Waals surface area contributed by atoms with Crippen molar-refractivity contribution in [3.63, 3.8) is 0 Å². The van der Waals surface area contributed by atoms with E-state index in [1.807, 2.05) is 6.92 Å². The van der Waals surface area contributed by atoms with Crippen molar-refractivity contribution in [1.29, 1.82) is 0 Å². The topological polar surface area (TPSA) is 38.7 Å².